The second-order valence-corrected chi connectivity index (χ2v) is 5.05. The van der Waals surface area contributed by atoms with Crippen molar-refractivity contribution < 1.29 is 17.2 Å². The van der Waals surface area contributed by atoms with E-state index in [1.807, 2.05) is 0 Å². The molecule has 0 atom stereocenters. The smallest absolute Gasteiger partial charge is 0.207 e. The number of terminal acetylenes is 1. The zero-order chi connectivity index (χ0) is 12.3. The molecule has 1 aromatic carbocycles. The number of halogens is 2. The molecule has 6 heteroatoms. The van der Waals surface area contributed by atoms with Crippen molar-refractivity contribution >= 4 is 10.0 Å². The Morgan fingerprint density at radius 2 is 2.06 bits per heavy atom. The Labute approximate surface area is 92.7 Å². The van der Waals surface area contributed by atoms with Gasteiger partial charge in [-0.3, -0.25) is 0 Å². The molecule has 1 aromatic rings. The van der Waals surface area contributed by atoms with Crippen LogP contribution in [0.5, 0.6) is 0 Å². The number of sulfonamides is 1. The van der Waals surface area contributed by atoms with Crippen LogP contribution in [0.1, 0.15) is 0 Å². The molecule has 0 saturated heterocycles. The molecule has 0 fully saturated rings. The summed E-state index contributed by atoms with van der Waals surface area (Å²) in [6.07, 6.45) is 4.95. The summed E-state index contributed by atoms with van der Waals surface area (Å²) in [6.45, 7) is -0.210. The van der Waals surface area contributed by atoms with Gasteiger partial charge < -0.3 is 0 Å². The van der Waals surface area contributed by atoms with Gasteiger partial charge in [0, 0.05) is 7.05 Å². The molecule has 0 spiro atoms. The molecule has 1 rings (SSSR count). The number of rotatable bonds is 3. The number of benzene rings is 1. The fourth-order valence-corrected chi connectivity index (χ4v) is 2.21. The maximum Gasteiger partial charge on any atom is 0.246 e. The molecule has 0 aromatic heterocycles. The minimum Gasteiger partial charge on any atom is -0.207 e. The fraction of sp³-hybridized carbons (Fsp3) is 0.200. The first-order valence-corrected chi connectivity index (χ1v) is 5.68. The maximum absolute atomic E-state index is 13.2. The van der Waals surface area contributed by atoms with Crippen molar-refractivity contribution in [3.63, 3.8) is 0 Å². The number of hydrogen-bond acceptors (Lipinski definition) is 2. The molecule has 0 bridgehead atoms. The molecule has 0 amide bonds. The molecule has 0 radical (unpaired) electrons. The highest BCUT2D eigenvalue weighted by molar-refractivity contribution is 7.89. The van der Waals surface area contributed by atoms with Crippen LogP contribution < -0.4 is 0 Å². The zero-order valence-electron chi connectivity index (χ0n) is 8.44. The summed E-state index contributed by atoms with van der Waals surface area (Å²) < 4.78 is 50.3. The Hall–Kier alpha value is -1.45. The number of hydrogen-bond donors (Lipinski definition) is 0. The van der Waals surface area contributed by atoms with Crippen LogP contribution in [0.4, 0.5) is 8.78 Å². The van der Waals surface area contributed by atoms with Crippen molar-refractivity contribution in [3.05, 3.63) is 29.8 Å². The molecule has 0 unspecified atom stereocenters. The monoisotopic (exact) mass is 245 g/mol. The first-order valence-electron chi connectivity index (χ1n) is 4.24. The van der Waals surface area contributed by atoms with Gasteiger partial charge in [-0.05, 0) is 18.2 Å². The summed E-state index contributed by atoms with van der Waals surface area (Å²) >= 11 is 0. The Balaban J connectivity index is 3.28. The molecular formula is C10H9F2NO2S. The molecule has 0 aliphatic rings. The SMILES string of the molecule is C#CCN(C)S(=O)(=O)c1cc(F)ccc1F. The minimum atomic E-state index is -4.08. The van der Waals surface area contributed by atoms with Crippen molar-refractivity contribution in [1.82, 2.24) is 4.31 Å². The van der Waals surface area contributed by atoms with Gasteiger partial charge in [0.1, 0.15) is 16.5 Å². The summed E-state index contributed by atoms with van der Waals surface area (Å²) in [7, 11) is -2.88. The molecular weight excluding hydrogens is 236 g/mol. The highest BCUT2D eigenvalue weighted by atomic mass is 32.2. The Bertz CT molecular complexity index is 534. The van der Waals surface area contributed by atoms with Gasteiger partial charge in [0.15, 0.2) is 0 Å². The first kappa shape index (κ1) is 12.6. The third kappa shape index (κ3) is 2.38. The topological polar surface area (TPSA) is 37.4 Å². The Kier molecular flexibility index (Phi) is 3.62. The van der Waals surface area contributed by atoms with E-state index in [0.29, 0.717) is 6.07 Å². The third-order valence-electron chi connectivity index (χ3n) is 1.90. The minimum absolute atomic E-state index is 0.210. The summed E-state index contributed by atoms with van der Waals surface area (Å²) in [5.41, 5.74) is 0. The lowest BCUT2D eigenvalue weighted by Gasteiger charge is -2.14. The lowest BCUT2D eigenvalue weighted by molar-refractivity contribution is 0.489. The molecule has 0 aliphatic carbocycles. The van der Waals surface area contributed by atoms with Crippen molar-refractivity contribution in [2.75, 3.05) is 13.6 Å². The highest BCUT2D eigenvalue weighted by Gasteiger charge is 2.24. The van der Waals surface area contributed by atoms with Crippen LogP contribution in [-0.2, 0) is 10.0 Å². The van der Waals surface area contributed by atoms with Crippen LogP contribution in [0.15, 0.2) is 23.1 Å². The molecule has 0 heterocycles. The normalized spacial score (nSPS) is 11.4. The summed E-state index contributed by atoms with van der Waals surface area (Å²) in [5, 5.41) is 0. The zero-order valence-corrected chi connectivity index (χ0v) is 9.26. The van der Waals surface area contributed by atoms with E-state index < -0.39 is 26.6 Å². The molecule has 16 heavy (non-hydrogen) atoms. The van der Waals surface area contributed by atoms with Crippen LogP contribution in [0.3, 0.4) is 0 Å². The Morgan fingerprint density at radius 1 is 1.44 bits per heavy atom. The highest BCUT2D eigenvalue weighted by Crippen LogP contribution is 2.18. The van der Waals surface area contributed by atoms with Gasteiger partial charge in [0.25, 0.3) is 0 Å². The molecule has 3 nitrogen and oxygen atoms in total. The predicted molar refractivity (Wildman–Crippen MR) is 55.0 cm³/mol. The van der Waals surface area contributed by atoms with E-state index in [4.69, 9.17) is 6.42 Å². The van der Waals surface area contributed by atoms with Gasteiger partial charge in [-0.25, -0.2) is 17.2 Å². The largest absolute Gasteiger partial charge is 0.246 e. The standard InChI is InChI=1S/C10H9F2NO2S/c1-3-6-13(2)16(14,15)10-7-8(11)4-5-9(10)12/h1,4-5,7H,6H2,2H3. The van der Waals surface area contributed by atoms with Crippen LogP contribution in [0.2, 0.25) is 0 Å². The van der Waals surface area contributed by atoms with Gasteiger partial charge in [0.2, 0.25) is 10.0 Å². The van der Waals surface area contributed by atoms with Crippen LogP contribution in [0, 0.1) is 24.0 Å². The first-order chi connectivity index (χ1) is 7.39. The third-order valence-corrected chi connectivity index (χ3v) is 3.71. The van der Waals surface area contributed by atoms with E-state index >= 15 is 0 Å². The molecule has 0 N–H and O–H groups in total. The molecule has 0 aliphatic heterocycles. The Morgan fingerprint density at radius 3 is 2.62 bits per heavy atom. The fourth-order valence-electron chi connectivity index (χ4n) is 1.06. The molecule has 0 saturated carbocycles. The van der Waals surface area contributed by atoms with Gasteiger partial charge in [-0.1, -0.05) is 5.92 Å². The van der Waals surface area contributed by atoms with Crippen molar-refractivity contribution in [1.29, 1.82) is 0 Å². The average Bonchev–Trinajstić information content (AvgIpc) is 2.22. The second-order valence-electron chi connectivity index (χ2n) is 3.04. The van der Waals surface area contributed by atoms with Crippen molar-refractivity contribution in [2.45, 2.75) is 4.90 Å². The predicted octanol–water partition coefficient (Wildman–Crippen LogP) is 1.22. The number of nitrogens with zero attached hydrogens (tertiary/aromatic N) is 1. The quantitative estimate of drug-likeness (QED) is 0.751. The lowest BCUT2D eigenvalue weighted by atomic mass is 10.3. The average molecular weight is 245 g/mol. The summed E-state index contributed by atoms with van der Waals surface area (Å²) in [5.74, 6) is 0.274. The van der Waals surface area contributed by atoms with Crippen LogP contribution in [-0.4, -0.2) is 26.3 Å². The van der Waals surface area contributed by atoms with Gasteiger partial charge in [0.05, 0.1) is 6.54 Å². The maximum atomic E-state index is 13.2. The van der Waals surface area contributed by atoms with Crippen molar-refractivity contribution in [3.8, 4) is 12.3 Å². The van der Waals surface area contributed by atoms with Gasteiger partial charge in [-0.2, -0.15) is 4.31 Å². The molecule has 86 valence electrons. The van der Waals surface area contributed by atoms with E-state index in [0.717, 1.165) is 16.4 Å². The second kappa shape index (κ2) is 4.60. The van der Waals surface area contributed by atoms with E-state index in [1.54, 1.807) is 0 Å². The van der Waals surface area contributed by atoms with Gasteiger partial charge in [-0.15, -0.1) is 6.42 Å². The van der Waals surface area contributed by atoms with Crippen LogP contribution >= 0.6 is 0 Å². The van der Waals surface area contributed by atoms with E-state index in [1.165, 1.54) is 7.05 Å². The van der Waals surface area contributed by atoms with Crippen molar-refractivity contribution in [2.24, 2.45) is 0 Å². The summed E-state index contributed by atoms with van der Waals surface area (Å²) in [4.78, 5) is -0.717. The van der Waals surface area contributed by atoms with E-state index in [9.17, 15) is 17.2 Å². The lowest BCUT2D eigenvalue weighted by Crippen LogP contribution is -2.28. The van der Waals surface area contributed by atoms with E-state index in [-0.39, 0.29) is 6.54 Å². The summed E-state index contributed by atoms with van der Waals surface area (Å²) in [6, 6.07) is 2.22. The van der Waals surface area contributed by atoms with Crippen LogP contribution in [0.25, 0.3) is 0 Å². The van der Waals surface area contributed by atoms with E-state index in [2.05, 4.69) is 5.92 Å². The van der Waals surface area contributed by atoms with Gasteiger partial charge >= 0.3 is 0 Å².